The lowest BCUT2D eigenvalue weighted by atomic mass is 10.1. The van der Waals surface area contributed by atoms with Crippen molar-refractivity contribution in [1.82, 2.24) is 15.0 Å². The summed E-state index contributed by atoms with van der Waals surface area (Å²) in [6.45, 7) is 2.70. The van der Waals surface area contributed by atoms with Crippen LogP contribution in [0.5, 0.6) is 0 Å². The molecule has 3 heterocycles. The predicted octanol–water partition coefficient (Wildman–Crippen LogP) is 2.72. The largest absolute Gasteiger partial charge is 0.396 e. The molecule has 0 amide bonds. The van der Waals surface area contributed by atoms with E-state index in [1.807, 2.05) is 30.3 Å². The molecule has 2 aromatic heterocycles. The van der Waals surface area contributed by atoms with Crippen LogP contribution >= 0.6 is 11.6 Å². The maximum Gasteiger partial charge on any atom is 0.140 e. The molecule has 0 aliphatic carbocycles. The lowest BCUT2D eigenvalue weighted by Gasteiger charge is -2.24. The van der Waals surface area contributed by atoms with Gasteiger partial charge < -0.3 is 19.7 Å². The summed E-state index contributed by atoms with van der Waals surface area (Å²) in [5.41, 5.74) is 2.68. The van der Waals surface area contributed by atoms with E-state index in [1.54, 1.807) is 6.20 Å². The van der Waals surface area contributed by atoms with E-state index in [-0.39, 0.29) is 12.5 Å². The molecule has 4 rings (SSSR count). The van der Waals surface area contributed by atoms with Crippen molar-refractivity contribution in [3.8, 4) is 11.4 Å². The van der Waals surface area contributed by atoms with Gasteiger partial charge in [-0.1, -0.05) is 23.7 Å². The number of nitrogens with zero attached hydrogens (tertiary/aromatic N) is 3. The van der Waals surface area contributed by atoms with Crippen LogP contribution in [0.1, 0.15) is 0 Å². The number of aromatic amines is 1. The fourth-order valence-electron chi connectivity index (χ4n) is 3.06. The molecule has 7 heteroatoms. The van der Waals surface area contributed by atoms with Crippen LogP contribution in [0, 0.1) is 5.92 Å². The van der Waals surface area contributed by atoms with Gasteiger partial charge in [-0.25, -0.2) is 9.97 Å². The molecule has 3 aromatic rings. The third-order valence-electron chi connectivity index (χ3n) is 4.41. The van der Waals surface area contributed by atoms with Gasteiger partial charge in [-0.05, 0) is 18.2 Å². The molecule has 1 fully saturated rings. The first-order valence-corrected chi connectivity index (χ1v) is 8.66. The van der Waals surface area contributed by atoms with Crippen molar-refractivity contribution < 1.29 is 9.84 Å². The van der Waals surface area contributed by atoms with Crippen LogP contribution in [-0.2, 0) is 4.74 Å². The molecule has 0 bridgehead atoms. The topological polar surface area (TPSA) is 74.3 Å². The summed E-state index contributed by atoms with van der Waals surface area (Å²) in [6.07, 6.45) is 1.65. The maximum atomic E-state index is 9.47. The van der Waals surface area contributed by atoms with Crippen LogP contribution in [0.25, 0.3) is 22.4 Å². The number of ether oxygens (including phenoxy) is 1. The van der Waals surface area contributed by atoms with Crippen LogP contribution in [-0.4, -0.2) is 53.0 Å². The van der Waals surface area contributed by atoms with E-state index < -0.39 is 0 Å². The van der Waals surface area contributed by atoms with Crippen molar-refractivity contribution in [2.45, 2.75) is 0 Å². The van der Waals surface area contributed by atoms with E-state index in [0.29, 0.717) is 24.8 Å². The number of imidazole rings is 1. The van der Waals surface area contributed by atoms with E-state index >= 15 is 0 Å². The lowest BCUT2D eigenvalue weighted by molar-refractivity contribution is 0.0959. The monoisotopic (exact) mass is 358 g/mol. The second-order valence-electron chi connectivity index (χ2n) is 6.19. The first-order valence-electron chi connectivity index (χ1n) is 8.29. The molecule has 1 aliphatic heterocycles. The quantitative estimate of drug-likeness (QED) is 0.753. The summed E-state index contributed by atoms with van der Waals surface area (Å²) in [4.78, 5) is 14.5. The van der Waals surface area contributed by atoms with Crippen molar-refractivity contribution in [1.29, 1.82) is 0 Å². The number of benzene rings is 1. The van der Waals surface area contributed by atoms with Gasteiger partial charge in [0.25, 0.3) is 0 Å². The molecule has 130 valence electrons. The first-order chi connectivity index (χ1) is 12.2. The van der Waals surface area contributed by atoms with Crippen LogP contribution in [0.15, 0.2) is 36.5 Å². The van der Waals surface area contributed by atoms with Crippen molar-refractivity contribution in [2.75, 3.05) is 37.8 Å². The Hall–Kier alpha value is -2.15. The van der Waals surface area contributed by atoms with Gasteiger partial charge in [0.1, 0.15) is 11.6 Å². The number of halogens is 1. The average molecular weight is 359 g/mol. The van der Waals surface area contributed by atoms with E-state index in [9.17, 15) is 5.11 Å². The highest BCUT2D eigenvalue weighted by atomic mass is 35.5. The normalized spacial score (nSPS) is 18.5. The smallest absolute Gasteiger partial charge is 0.140 e. The molecular weight excluding hydrogens is 340 g/mol. The van der Waals surface area contributed by atoms with E-state index in [0.717, 1.165) is 34.8 Å². The van der Waals surface area contributed by atoms with Gasteiger partial charge >= 0.3 is 0 Å². The molecule has 2 N–H and O–H groups in total. The fourth-order valence-corrected chi connectivity index (χ4v) is 3.25. The minimum absolute atomic E-state index is 0.0784. The molecule has 25 heavy (non-hydrogen) atoms. The summed E-state index contributed by atoms with van der Waals surface area (Å²) >= 11 is 6.38. The van der Waals surface area contributed by atoms with Gasteiger partial charge in [-0.2, -0.15) is 0 Å². The number of aliphatic hydroxyl groups is 1. The van der Waals surface area contributed by atoms with Gasteiger partial charge in [-0.15, -0.1) is 0 Å². The van der Waals surface area contributed by atoms with Crippen LogP contribution < -0.4 is 4.90 Å². The molecule has 0 spiro atoms. The molecular formula is C18H19ClN4O2. The van der Waals surface area contributed by atoms with Gasteiger partial charge in [0.15, 0.2) is 0 Å². The Morgan fingerprint density at radius 3 is 3.08 bits per heavy atom. The predicted molar refractivity (Wildman–Crippen MR) is 97.9 cm³/mol. The number of nitrogens with one attached hydrogen (secondary N) is 1. The van der Waals surface area contributed by atoms with E-state index in [2.05, 4.69) is 19.9 Å². The molecule has 1 aromatic carbocycles. The van der Waals surface area contributed by atoms with E-state index in [1.165, 1.54) is 0 Å². The van der Waals surface area contributed by atoms with Crippen LogP contribution in [0.4, 0.5) is 5.82 Å². The fraction of sp³-hybridized carbons (Fsp3) is 0.333. The standard InChI is InChI=1S/C18H19ClN4O2/c19-14-8-20-17(23-5-6-25-11-12(9-23)10-24)7-13(14)18-21-15-3-1-2-4-16(15)22-18/h1-4,7-8,12,24H,5-6,9-11H2,(H,21,22). The summed E-state index contributed by atoms with van der Waals surface area (Å²) in [5.74, 6) is 1.61. The summed E-state index contributed by atoms with van der Waals surface area (Å²) in [7, 11) is 0. The zero-order valence-electron chi connectivity index (χ0n) is 13.7. The van der Waals surface area contributed by atoms with Gasteiger partial charge in [0, 0.05) is 37.4 Å². The number of para-hydroxylation sites is 2. The van der Waals surface area contributed by atoms with Crippen molar-refractivity contribution in [2.24, 2.45) is 5.92 Å². The molecule has 1 aliphatic rings. The SMILES string of the molecule is OCC1COCCN(c2cc(-c3nc4ccccc4[nH]3)c(Cl)cn2)C1. The number of rotatable bonds is 3. The van der Waals surface area contributed by atoms with E-state index in [4.69, 9.17) is 16.3 Å². The number of aliphatic hydroxyl groups excluding tert-OH is 1. The zero-order chi connectivity index (χ0) is 17.2. The highest BCUT2D eigenvalue weighted by molar-refractivity contribution is 6.33. The van der Waals surface area contributed by atoms with Gasteiger partial charge in [0.05, 0.1) is 29.3 Å². The first kappa shape index (κ1) is 16.3. The number of H-pyrrole nitrogens is 1. The van der Waals surface area contributed by atoms with Gasteiger partial charge in [-0.3, -0.25) is 0 Å². The second-order valence-corrected chi connectivity index (χ2v) is 6.60. The number of fused-ring (bicyclic) bond motifs is 1. The second kappa shape index (κ2) is 7.00. The number of aromatic nitrogens is 3. The molecule has 1 unspecified atom stereocenters. The zero-order valence-corrected chi connectivity index (χ0v) is 14.4. The molecule has 1 saturated heterocycles. The van der Waals surface area contributed by atoms with Crippen LogP contribution in [0.3, 0.4) is 0 Å². The molecule has 1 atom stereocenters. The Morgan fingerprint density at radius 2 is 2.24 bits per heavy atom. The van der Waals surface area contributed by atoms with Crippen LogP contribution in [0.2, 0.25) is 5.02 Å². The maximum absolute atomic E-state index is 9.47. The van der Waals surface area contributed by atoms with Crippen molar-refractivity contribution in [3.63, 3.8) is 0 Å². The number of hydrogen-bond donors (Lipinski definition) is 2. The Bertz CT molecular complexity index is 849. The third-order valence-corrected chi connectivity index (χ3v) is 4.71. The minimum Gasteiger partial charge on any atom is -0.396 e. The highest BCUT2D eigenvalue weighted by Gasteiger charge is 2.20. The number of hydrogen-bond acceptors (Lipinski definition) is 5. The van der Waals surface area contributed by atoms with Gasteiger partial charge in [0.2, 0.25) is 0 Å². The highest BCUT2D eigenvalue weighted by Crippen LogP contribution is 2.30. The Morgan fingerprint density at radius 1 is 1.36 bits per heavy atom. The molecule has 0 saturated carbocycles. The third kappa shape index (κ3) is 3.33. The van der Waals surface area contributed by atoms with Crippen molar-refractivity contribution >= 4 is 28.5 Å². The number of anilines is 1. The average Bonchev–Trinajstić information content (AvgIpc) is 2.92. The Balaban J connectivity index is 1.70. The summed E-state index contributed by atoms with van der Waals surface area (Å²) in [6, 6.07) is 9.82. The minimum atomic E-state index is 0.0784. The molecule has 6 nitrogen and oxygen atoms in total. The summed E-state index contributed by atoms with van der Waals surface area (Å²) in [5, 5.41) is 10.0. The van der Waals surface area contributed by atoms with Crippen molar-refractivity contribution in [3.05, 3.63) is 41.6 Å². The summed E-state index contributed by atoms with van der Waals surface area (Å²) < 4.78 is 5.55. The lowest BCUT2D eigenvalue weighted by Crippen LogP contribution is -2.32. The number of pyridine rings is 1. The Kier molecular flexibility index (Phi) is 4.57. The Labute approximate surface area is 150 Å². The molecule has 0 radical (unpaired) electrons.